The summed E-state index contributed by atoms with van der Waals surface area (Å²) in [5.74, 6) is 0.227. The van der Waals surface area contributed by atoms with Gasteiger partial charge in [0.15, 0.2) is 11.3 Å². The van der Waals surface area contributed by atoms with Gasteiger partial charge in [-0.3, -0.25) is 4.90 Å². The Morgan fingerprint density at radius 1 is 1.25 bits per heavy atom. The fraction of sp³-hybridized carbons (Fsp3) is 0.385. The predicted molar refractivity (Wildman–Crippen MR) is 62.4 cm³/mol. The first-order valence-corrected chi connectivity index (χ1v) is 5.75. The van der Waals surface area contributed by atoms with Crippen LogP contribution in [0.5, 0.6) is 5.75 Å². The van der Waals surface area contributed by atoms with Crippen molar-refractivity contribution in [1.82, 2.24) is 4.90 Å². The van der Waals surface area contributed by atoms with Crippen LogP contribution in [-0.4, -0.2) is 23.1 Å². The van der Waals surface area contributed by atoms with Crippen LogP contribution in [0, 0.1) is 0 Å². The summed E-state index contributed by atoms with van der Waals surface area (Å²) in [5, 5.41) is 10.7. The zero-order chi connectivity index (χ0) is 11.0. The number of likely N-dealkylation sites (tertiary alicyclic amines) is 1. The SMILES string of the molecule is Oc1cccc2c(CN3CCCC3)coc12. The van der Waals surface area contributed by atoms with Crippen molar-refractivity contribution in [2.24, 2.45) is 0 Å². The van der Waals surface area contributed by atoms with Gasteiger partial charge in [0.2, 0.25) is 0 Å². The Balaban J connectivity index is 1.94. The van der Waals surface area contributed by atoms with E-state index >= 15 is 0 Å². The molecule has 0 bridgehead atoms. The molecule has 3 nitrogen and oxygen atoms in total. The Morgan fingerprint density at radius 2 is 2.06 bits per heavy atom. The molecule has 3 rings (SSSR count). The maximum atomic E-state index is 9.64. The summed E-state index contributed by atoms with van der Waals surface area (Å²) in [6.07, 6.45) is 4.35. The first-order chi connectivity index (χ1) is 7.84. The highest BCUT2D eigenvalue weighted by atomic mass is 16.3. The van der Waals surface area contributed by atoms with Gasteiger partial charge in [0.1, 0.15) is 0 Å². The Labute approximate surface area is 94.3 Å². The van der Waals surface area contributed by atoms with E-state index in [9.17, 15) is 5.11 Å². The average molecular weight is 217 g/mol. The van der Waals surface area contributed by atoms with Crippen LogP contribution in [0.25, 0.3) is 11.0 Å². The molecule has 84 valence electrons. The third-order valence-corrected chi connectivity index (χ3v) is 3.25. The van der Waals surface area contributed by atoms with Gasteiger partial charge >= 0.3 is 0 Å². The summed E-state index contributed by atoms with van der Waals surface area (Å²) in [4.78, 5) is 2.42. The molecule has 1 aliphatic heterocycles. The highest BCUT2D eigenvalue weighted by Crippen LogP contribution is 2.29. The van der Waals surface area contributed by atoms with Crippen LogP contribution in [-0.2, 0) is 6.54 Å². The van der Waals surface area contributed by atoms with E-state index in [0.29, 0.717) is 5.58 Å². The van der Waals surface area contributed by atoms with Crippen LogP contribution >= 0.6 is 0 Å². The van der Waals surface area contributed by atoms with E-state index in [1.807, 2.05) is 12.1 Å². The smallest absolute Gasteiger partial charge is 0.175 e. The number of hydrogen-bond donors (Lipinski definition) is 1. The monoisotopic (exact) mass is 217 g/mol. The third kappa shape index (κ3) is 1.57. The fourth-order valence-corrected chi connectivity index (χ4v) is 2.40. The molecular formula is C13H15NO2. The van der Waals surface area contributed by atoms with Gasteiger partial charge in [-0.15, -0.1) is 0 Å². The molecule has 1 saturated heterocycles. The lowest BCUT2D eigenvalue weighted by Gasteiger charge is -2.12. The fourth-order valence-electron chi connectivity index (χ4n) is 2.40. The molecule has 0 saturated carbocycles. The quantitative estimate of drug-likeness (QED) is 0.840. The molecule has 3 heteroatoms. The number of phenols is 1. The van der Waals surface area contributed by atoms with Crippen molar-refractivity contribution < 1.29 is 9.52 Å². The average Bonchev–Trinajstić information content (AvgIpc) is 2.90. The minimum atomic E-state index is 0.227. The minimum absolute atomic E-state index is 0.227. The number of hydrogen-bond acceptors (Lipinski definition) is 3. The molecule has 0 unspecified atom stereocenters. The van der Waals surface area contributed by atoms with Gasteiger partial charge in [-0.2, -0.15) is 0 Å². The molecule has 1 aromatic carbocycles. The Hall–Kier alpha value is -1.48. The van der Waals surface area contributed by atoms with E-state index in [2.05, 4.69) is 4.90 Å². The summed E-state index contributed by atoms with van der Waals surface area (Å²) < 4.78 is 5.41. The van der Waals surface area contributed by atoms with Crippen LogP contribution in [0.2, 0.25) is 0 Å². The second kappa shape index (κ2) is 3.83. The van der Waals surface area contributed by atoms with Crippen LogP contribution in [0.3, 0.4) is 0 Å². The van der Waals surface area contributed by atoms with E-state index in [1.165, 1.54) is 31.5 Å². The molecule has 0 aliphatic carbocycles. The van der Waals surface area contributed by atoms with Gasteiger partial charge in [-0.1, -0.05) is 12.1 Å². The molecule has 1 aromatic heterocycles. The van der Waals surface area contributed by atoms with Gasteiger partial charge in [0.05, 0.1) is 6.26 Å². The molecule has 0 radical (unpaired) electrons. The Morgan fingerprint density at radius 3 is 2.88 bits per heavy atom. The van der Waals surface area contributed by atoms with Crippen molar-refractivity contribution in [2.45, 2.75) is 19.4 Å². The van der Waals surface area contributed by atoms with E-state index in [1.54, 1.807) is 12.3 Å². The molecular weight excluding hydrogens is 202 g/mol. The van der Waals surface area contributed by atoms with Gasteiger partial charge < -0.3 is 9.52 Å². The van der Waals surface area contributed by atoms with Gasteiger partial charge in [0.25, 0.3) is 0 Å². The maximum absolute atomic E-state index is 9.64. The van der Waals surface area contributed by atoms with Crippen molar-refractivity contribution in [2.75, 3.05) is 13.1 Å². The molecule has 2 heterocycles. The highest BCUT2D eigenvalue weighted by Gasteiger charge is 2.15. The van der Waals surface area contributed by atoms with Crippen molar-refractivity contribution >= 4 is 11.0 Å². The normalized spacial score (nSPS) is 17.2. The molecule has 1 fully saturated rings. The van der Waals surface area contributed by atoms with Gasteiger partial charge in [-0.25, -0.2) is 0 Å². The zero-order valence-corrected chi connectivity index (χ0v) is 9.15. The number of fused-ring (bicyclic) bond motifs is 1. The molecule has 1 aliphatic rings. The lowest BCUT2D eigenvalue weighted by molar-refractivity contribution is 0.331. The molecule has 2 aromatic rings. The number of aromatic hydroxyl groups is 1. The summed E-state index contributed by atoms with van der Waals surface area (Å²) in [6.45, 7) is 3.27. The van der Waals surface area contributed by atoms with Crippen LogP contribution in [0.1, 0.15) is 18.4 Å². The van der Waals surface area contributed by atoms with Crippen LogP contribution in [0.15, 0.2) is 28.9 Å². The second-order valence-corrected chi connectivity index (χ2v) is 4.40. The van der Waals surface area contributed by atoms with Crippen molar-refractivity contribution in [3.63, 3.8) is 0 Å². The van der Waals surface area contributed by atoms with Gasteiger partial charge in [0, 0.05) is 17.5 Å². The van der Waals surface area contributed by atoms with E-state index < -0.39 is 0 Å². The summed E-state index contributed by atoms with van der Waals surface area (Å²) in [6, 6.07) is 5.52. The maximum Gasteiger partial charge on any atom is 0.175 e. The number of nitrogens with zero attached hydrogens (tertiary/aromatic N) is 1. The first kappa shape index (κ1) is 9.73. The van der Waals surface area contributed by atoms with Crippen LogP contribution in [0.4, 0.5) is 0 Å². The van der Waals surface area contributed by atoms with Gasteiger partial charge in [-0.05, 0) is 32.0 Å². The van der Waals surface area contributed by atoms with E-state index in [0.717, 1.165) is 11.9 Å². The predicted octanol–water partition coefficient (Wildman–Crippen LogP) is 2.73. The van der Waals surface area contributed by atoms with Crippen molar-refractivity contribution in [1.29, 1.82) is 0 Å². The van der Waals surface area contributed by atoms with E-state index in [-0.39, 0.29) is 5.75 Å². The Bertz CT molecular complexity index is 498. The number of phenolic OH excluding ortho intramolecular Hbond substituents is 1. The van der Waals surface area contributed by atoms with Crippen molar-refractivity contribution in [3.05, 3.63) is 30.0 Å². The van der Waals surface area contributed by atoms with E-state index in [4.69, 9.17) is 4.42 Å². The molecule has 0 atom stereocenters. The topological polar surface area (TPSA) is 36.6 Å². The number of furan rings is 1. The highest BCUT2D eigenvalue weighted by molar-refractivity contribution is 5.85. The third-order valence-electron chi connectivity index (χ3n) is 3.25. The first-order valence-electron chi connectivity index (χ1n) is 5.75. The lowest BCUT2D eigenvalue weighted by atomic mass is 10.1. The molecule has 0 spiro atoms. The summed E-state index contributed by atoms with van der Waals surface area (Å²) in [5.41, 5.74) is 1.78. The summed E-state index contributed by atoms with van der Waals surface area (Å²) in [7, 11) is 0. The standard InChI is InChI=1S/C13H15NO2/c15-12-5-3-4-11-10(9-16-13(11)12)8-14-6-1-2-7-14/h3-5,9,15H,1-2,6-8H2. The molecule has 16 heavy (non-hydrogen) atoms. The molecule has 0 amide bonds. The Kier molecular flexibility index (Phi) is 2.33. The van der Waals surface area contributed by atoms with Crippen molar-refractivity contribution in [3.8, 4) is 5.75 Å². The number of para-hydroxylation sites is 1. The number of rotatable bonds is 2. The summed E-state index contributed by atoms with van der Waals surface area (Å²) >= 11 is 0. The largest absolute Gasteiger partial charge is 0.504 e. The lowest BCUT2D eigenvalue weighted by Crippen LogP contribution is -2.17. The number of benzene rings is 1. The minimum Gasteiger partial charge on any atom is -0.504 e. The second-order valence-electron chi connectivity index (χ2n) is 4.40. The zero-order valence-electron chi connectivity index (χ0n) is 9.15. The molecule has 1 N–H and O–H groups in total. The van der Waals surface area contributed by atoms with Crippen LogP contribution < -0.4 is 0 Å².